The summed E-state index contributed by atoms with van der Waals surface area (Å²) in [6, 6.07) is 11.2. The number of unbranched alkanes of at least 4 members (excludes halogenated alkanes) is 1. The van der Waals surface area contributed by atoms with Gasteiger partial charge in [-0.05, 0) is 25.5 Å². The topological polar surface area (TPSA) is 44.1 Å². The van der Waals surface area contributed by atoms with Crippen LogP contribution in [-0.2, 0) is 13.0 Å². The van der Waals surface area contributed by atoms with E-state index in [2.05, 4.69) is 11.9 Å². The first-order chi connectivity index (χ1) is 10.2. The van der Waals surface area contributed by atoms with Crippen molar-refractivity contribution < 1.29 is 4.74 Å². The van der Waals surface area contributed by atoms with Crippen molar-refractivity contribution in [2.45, 2.75) is 39.7 Å². The van der Waals surface area contributed by atoms with E-state index in [4.69, 9.17) is 4.74 Å². The van der Waals surface area contributed by atoms with Gasteiger partial charge in [0.15, 0.2) is 0 Å². The van der Waals surface area contributed by atoms with Gasteiger partial charge in [0.2, 0.25) is 0 Å². The van der Waals surface area contributed by atoms with Crippen LogP contribution in [-0.4, -0.2) is 16.2 Å². The van der Waals surface area contributed by atoms with Gasteiger partial charge >= 0.3 is 0 Å². The lowest BCUT2D eigenvalue weighted by molar-refractivity contribution is 0.293. The standard InChI is InChI=1S/C17H22N2O2/c1-3-4-10-16-18-14(2)13-17(20)19(16)11-12-21-15-8-6-5-7-9-15/h5-9,13H,3-4,10-12H2,1-2H3. The number of rotatable bonds is 7. The Morgan fingerprint density at radius 3 is 2.71 bits per heavy atom. The molecule has 2 aromatic rings. The van der Waals surface area contributed by atoms with Crippen LogP contribution < -0.4 is 10.3 Å². The van der Waals surface area contributed by atoms with E-state index < -0.39 is 0 Å². The van der Waals surface area contributed by atoms with E-state index in [0.29, 0.717) is 13.2 Å². The van der Waals surface area contributed by atoms with E-state index in [-0.39, 0.29) is 5.56 Å². The van der Waals surface area contributed by atoms with Gasteiger partial charge in [-0.2, -0.15) is 0 Å². The number of ether oxygens (including phenoxy) is 1. The maximum Gasteiger partial charge on any atom is 0.253 e. The van der Waals surface area contributed by atoms with Gasteiger partial charge < -0.3 is 4.74 Å². The molecule has 0 unspecified atom stereocenters. The van der Waals surface area contributed by atoms with Crippen molar-refractivity contribution in [3.05, 3.63) is 58.3 Å². The average molecular weight is 286 g/mol. The zero-order valence-electron chi connectivity index (χ0n) is 12.7. The van der Waals surface area contributed by atoms with Gasteiger partial charge in [0.25, 0.3) is 5.56 Å². The van der Waals surface area contributed by atoms with Crippen LogP contribution in [0.15, 0.2) is 41.2 Å². The monoisotopic (exact) mass is 286 g/mol. The number of aryl methyl sites for hydroxylation is 2. The highest BCUT2D eigenvalue weighted by Gasteiger charge is 2.07. The average Bonchev–Trinajstić information content (AvgIpc) is 2.48. The molecule has 0 amide bonds. The first kappa shape index (κ1) is 15.3. The Hall–Kier alpha value is -2.10. The summed E-state index contributed by atoms with van der Waals surface area (Å²) in [5, 5.41) is 0. The maximum absolute atomic E-state index is 12.1. The molecule has 2 rings (SSSR count). The molecule has 0 saturated carbocycles. The van der Waals surface area contributed by atoms with E-state index in [0.717, 1.165) is 36.5 Å². The summed E-state index contributed by atoms with van der Waals surface area (Å²) in [7, 11) is 0. The Balaban J connectivity index is 2.06. The van der Waals surface area contributed by atoms with Crippen molar-refractivity contribution in [2.75, 3.05) is 6.61 Å². The molecular weight excluding hydrogens is 264 g/mol. The molecule has 4 nitrogen and oxygen atoms in total. The maximum atomic E-state index is 12.1. The van der Waals surface area contributed by atoms with Crippen LogP contribution in [0.3, 0.4) is 0 Å². The molecule has 4 heteroatoms. The van der Waals surface area contributed by atoms with Gasteiger partial charge in [0.05, 0.1) is 6.54 Å². The third-order valence-electron chi connectivity index (χ3n) is 3.30. The van der Waals surface area contributed by atoms with E-state index in [1.54, 1.807) is 10.6 Å². The van der Waals surface area contributed by atoms with Crippen molar-refractivity contribution in [2.24, 2.45) is 0 Å². The Labute approximate surface area is 125 Å². The number of hydrogen-bond acceptors (Lipinski definition) is 3. The predicted molar refractivity (Wildman–Crippen MR) is 83.8 cm³/mol. The van der Waals surface area contributed by atoms with Gasteiger partial charge in [0, 0.05) is 18.2 Å². The minimum absolute atomic E-state index is 0.00487. The normalized spacial score (nSPS) is 10.6. The van der Waals surface area contributed by atoms with Crippen LogP contribution in [0.5, 0.6) is 5.75 Å². The quantitative estimate of drug-likeness (QED) is 0.786. The van der Waals surface area contributed by atoms with Gasteiger partial charge in [-0.3, -0.25) is 9.36 Å². The molecular formula is C17H22N2O2. The fourth-order valence-corrected chi connectivity index (χ4v) is 2.22. The summed E-state index contributed by atoms with van der Waals surface area (Å²) >= 11 is 0. The third-order valence-corrected chi connectivity index (χ3v) is 3.30. The van der Waals surface area contributed by atoms with E-state index in [1.165, 1.54) is 0 Å². The second kappa shape index (κ2) is 7.62. The summed E-state index contributed by atoms with van der Waals surface area (Å²) < 4.78 is 7.39. The molecule has 21 heavy (non-hydrogen) atoms. The fourth-order valence-electron chi connectivity index (χ4n) is 2.22. The number of hydrogen-bond donors (Lipinski definition) is 0. The van der Waals surface area contributed by atoms with E-state index >= 15 is 0 Å². The largest absolute Gasteiger partial charge is 0.492 e. The smallest absolute Gasteiger partial charge is 0.253 e. The zero-order valence-corrected chi connectivity index (χ0v) is 12.7. The molecule has 0 bridgehead atoms. The summed E-state index contributed by atoms with van der Waals surface area (Å²) in [5.74, 6) is 1.68. The molecule has 0 fully saturated rings. The molecule has 0 N–H and O–H groups in total. The van der Waals surface area contributed by atoms with Gasteiger partial charge in [-0.25, -0.2) is 4.98 Å². The predicted octanol–water partition coefficient (Wildman–Crippen LogP) is 2.97. The summed E-state index contributed by atoms with van der Waals surface area (Å²) in [6.07, 6.45) is 2.96. The Morgan fingerprint density at radius 2 is 2.00 bits per heavy atom. The van der Waals surface area contributed by atoms with Crippen molar-refractivity contribution in [3.63, 3.8) is 0 Å². The van der Waals surface area contributed by atoms with Crippen LogP contribution in [0, 0.1) is 6.92 Å². The molecule has 1 heterocycles. The number of benzene rings is 1. The first-order valence-corrected chi connectivity index (χ1v) is 7.46. The molecule has 0 atom stereocenters. The van der Waals surface area contributed by atoms with Crippen LogP contribution in [0.1, 0.15) is 31.3 Å². The molecule has 0 aliphatic carbocycles. The van der Waals surface area contributed by atoms with Gasteiger partial charge in [-0.1, -0.05) is 31.5 Å². The second-order valence-electron chi connectivity index (χ2n) is 5.07. The molecule has 0 saturated heterocycles. The number of aromatic nitrogens is 2. The summed E-state index contributed by atoms with van der Waals surface area (Å²) in [5.41, 5.74) is 0.789. The van der Waals surface area contributed by atoms with E-state index in [9.17, 15) is 4.79 Å². The Kier molecular flexibility index (Phi) is 5.55. The SMILES string of the molecule is CCCCc1nc(C)cc(=O)n1CCOc1ccccc1. The molecule has 112 valence electrons. The number of nitrogens with zero attached hydrogens (tertiary/aromatic N) is 2. The molecule has 1 aromatic heterocycles. The lowest BCUT2D eigenvalue weighted by Crippen LogP contribution is -2.27. The first-order valence-electron chi connectivity index (χ1n) is 7.46. The lowest BCUT2D eigenvalue weighted by Gasteiger charge is -2.13. The van der Waals surface area contributed by atoms with Crippen LogP contribution in [0.4, 0.5) is 0 Å². The minimum Gasteiger partial charge on any atom is -0.492 e. The van der Waals surface area contributed by atoms with Gasteiger partial charge in [0.1, 0.15) is 18.2 Å². The molecule has 0 aliphatic rings. The van der Waals surface area contributed by atoms with Crippen LogP contribution in [0.2, 0.25) is 0 Å². The second-order valence-corrected chi connectivity index (χ2v) is 5.07. The highest BCUT2D eigenvalue weighted by molar-refractivity contribution is 5.20. The zero-order chi connectivity index (χ0) is 15.1. The Morgan fingerprint density at radius 1 is 1.24 bits per heavy atom. The molecule has 1 aromatic carbocycles. The van der Waals surface area contributed by atoms with Crippen LogP contribution in [0.25, 0.3) is 0 Å². The molecule has 0 spiro atoms. The Bertz CT molecular complexity index is 620. The third kappa shape index (κ3) is 4.45. The summed E-state index contributed by atoms with van der Waals surface area (Å²) in [6.45, 7) is 4.99. The number of para-hydroxylation sites is 1. The summed E-state index contributed by atoms with van der Waals surface area (Å²) in [4.78, 5) is 16.6. The van der Waals surface area contributed by atoms with E-state index in [1.807, 2.05) is 37.3 Å². The molecule has 0 radical (unpaired) electrons. The minimum atomic E-state index is 0.00487. The lowest BCUT2D eigenvalue weighted by atomic mass is 10.2. The fraction of sp³-hybridized carbons (Fsp3) is 0.412. The van der Waals surface area contributed by atoms with Crippen molar-refractivity contribution >= 4 is 0 Å². The highest BCUT2D eigenvalue weighted by atomic mass is 16.5. The van der Waals surface area contributed by atoms with Crippen LogP contribution >= 0.6 is 0 Å². The van der Waals surface area contributed by atoms with Crippen molar-refractivity contribution in [1.82, 2.24) is 9.55 Å². The molecule has 0 aliphatic heterocycles. The van der Waals surface area contributed by atoms with Crippen molar-refractivity contribution in [3.8, 4) is 5.75 Å². The van der Waals surface area contributed by atoms with Gasteiger partial charge in [-0.15, -0.1) is 0 Å². The highest BCUT2D eigenvalue weighted by Crippen LogP contribution is 2.08. The van der Waals surface area contributed by atoms with Crippen molar-refractivity contribution in [1.29, 1.82) is 0 Å².